The van der Waals surface area contributed by atoms with Crippen LogP contribution in [-0.2, 0) is 6.42 Å². The van der Waals surface area contributed by atoms with E-state index >= 15 is 0 Å². The van der Waals surface area contributed by atoms with Gasteiger partial charge in [0, 0.05) is 23.1 Å². The Kier molecular flexibility index (Phi) is 4.53. The largest absolute Gasteiger partial charge is 0.490 e. The van der Waals surface area contributed by atoms with Gasteiger partial charge in [-0.15, -0.1) is 0 Å². The van der Waals surface area contributed by atoms with Crippen molar-refractivity contribution < 1.29 is 10.0 Å². The number of hydrogen-bond acceptors (Lipinski definition) is 4. The van der Waals surface area contributed by atoms with E-state index in [1.54, 1.807) is 6.07 Å². The van der Waals surface area contributed by atoms with Crippen molar-refractivity contribution in [3.8, 4) is 0 Å². The van der Waals surface area contributed by atoms with Crippen molar-refractivity contribution in [3.63, 3.8) is 0 Å². The van der Waals surface area contributed by atoms with E-state index < -0.39 is 7.12 Å². The Labute approximate surface area is 113 Å². The Balaban J connectivity index is 2.18. The molecule has 0 spiro atoms. The third-order valence-corrected chi connectivity index (χ3v) is 3.03. The molecule has 1 aromatic heterocycles. The second-order valence-electron chi connectivity index (χ2n) is 5.03. The lowest BCUT2D eigenvalue weighted by Crippen LogP contribution is -2.30. The minimum absolute atomic E-state index is 0.421. The molecule has 2 rings (SSSR count). The highest BCUT2D eigenvalue weighted by molar-refractivity contribution is 6.58. The maximum absolute atomic E-state index is 9.16. The summed E-state index contributed by atoms with van der Waals surface area (Å²) in [6.45, 7) is 5.18. The third kappa shape index (κ3) is 3.77. The second kappa shape index (κ2) is 6.15. The van der Waals surface area contributed by atoms with Gasteiger partial charge in [0.25, 0.3) is 0 Å². The number of benzene rings is 1. The van der Waals surface area contributed by atoms with Crippen LogP contribution in [0.3, 0.4) is 0 Å². The minimum Gasteiger partial charge on any atom is -0.423 e. The molecule has 0 unspecified atom stereocenters. The number of nitrogens with zero attached hydrogens (tertiary/aromatic N) is 1. The normalized spacial score (nSPS) is 11.2. The Bertz CT molecular complexity index is 558. The molecule has 0 saturated carbocycles. The van der Waals surface area contributed by atoms with Gasteiger partial charge in [-0.1, -0.05) is 26.0 Å². The van der Waals surface area contributed by atoms with E-state index in [1.165, 1.54) is 11.8 Å². The van der Waals surface area contributed by atoms with Gasteiger partial charge in [-0.25, -0.2) is 0 Å². The SMILES string of the molecule is CC(C)NCCc1ccc2ncc(B(O)O)cc2c1. The predicted molar refractivity (Wildman–Crippen MR) is 78.4 cm³/mol. The average Bonchev–Trinajstić information content (AvgIpc) is 2.37. The van der Waals surface area contributed by atoms with Crippen LogP contribution in [0.15, 0.2) is 30.5 Å². The molecular formula is C14H19BN2O2. The number of nitrogens with one attached hydrogen (secondary N) is 1. The Hall–Kier alpha value is -1.43. The Morgan fingerprint density at radius 1 is 1.26 bits per heavy atom. The number of rotatable bonds is 5. The molecule has 4 nitrogen and oxygen atoms in total. The zero-order valence-corrected chi connectivity index (χ0v) is 11.3. The van der Waals surface area contributed by atoms with E-state index in [2.05, 4.69) is 36.3 Å². The molecule has 0 aliphatic heterocycles. The van der Waals surface area contributed by atoms with Crippen molar-refractivity contribution in [3.05, 3.63) is 36.0 Å². The third-order valence-electron chi connectivity index (χ3n) is 3.03. The van der Waals surface area contributed by atoms with Crippen LogP contribution in [0.2, 0.25) is 0 Å². The van der Waals surface area contributed by atoms with Gasteiger partial charge in [-0.05, 0) is 30.7 Å². The van der Waals surface area contributed by atoms with Gasteiger partial charge in [-0.2, -0.15) is 0 Å². The molecule has 0 bridgehead atoms. The first-order chi connectivity index (χ1) is 9.06. The molecule has 0 amide bonds. The summed E-state index contributed by atoms with van der Waals surface area (Å²) in [7, 11) is -1.47. The van der Waals surface area contributed by atoms with Crippen LogP contribution in [-0.4, -0.2) is 34.7 Å². The molecule has 0 fully saturated rings. The monoisotopic (exact) mass is 258 g/mol. The summed E-state index contributed by atoms with van der Waals surface area (Å²) >= 11 is 0. The van der Waals surface area contributed by atoms with E-state index in [0.29, 0.717) is 11.5 Å². The van der Waals surface area contributed by atoms with Crippen LogP contribution < -0.4 is 10.8 Å². The molecule has 3 N–H and O–H groups in total. The van der Waals surface area contributed by atoms with E-state index in [-0.39, 0.29) is 0 Å². The highest BCUT2D eigenvalue weighted by Crippen LogP contribution is 2.13. The molecule has 0 atom stereocenters. The van der Waals surface area contributed by atoms with E-state index in [4.69, 9.17) is 10.0 Å². The zero-order chi connectivity index (χ0) is 13.8. The number of fused-ring (bicyclic) bond motifs is 1. The lowest BCUT2D eigenvalue weighted by molar-refractivity contribution is 0.425. The fourth-order valence-electron chi connectivity index (χ4n) is 2.00. The molecule has 0 aliphatic rings. The van der Waals surface area contributed by atoms with Gasteiger partial charge in [-0.3, -0.25) is 4.98 Å². The van der Waals surface area contributed by atoms with Gasteiger partial charge in [0.2, 0.25) is 0 Å². The molecule has 0 saturated heterocycles. The van der Waals surface area contributed by atoms with Crippen molar-refractivity contribution in [1.82, 2.24) is 10.3 Å². The average molecular weight is 258 g/mol. The highest BCUT2D eigenvalue weighted by Gasteiger charge is 2.11. The molecule has 19 heavy (non-hydrogen) atoms. The van der Waals surface area contributed by atoms with Gasteiger partial charge < -0.3 is 15.4 Å². The topological polar surface area (TPSA) is 65.4 Å². The number of hydrogen-bond donors (Lipinski definition) is 3. The van der Waals surface area contributed by atoms with Crippen LogP contribution in [0.25, 0.3) is 10.9 Å². The highest BCUT2D eigenvalue weighted by atomic mass is 16.4. The van der Waals surface area contributed by atoms with E-state index in [9.17, 15) is 0 Å². The maximum atomic E-state index is 9.16. The smallest absolute Gasteiger partial charge is 0.423 e. The van der Waals surface area contributed by atoms with Gasteiger partial charge >= 0.3 is 7.12 Å². The summed E-state index contributed by atoms with van der Waals surface area (Å²) in [6.07, 6.45) is 2.44. The first kappa shape index (κ1) is 14.0. The lowest BCUT2D eigenvalue weighted by Gasteiger charge is -2.09. The van der Waals surface area contributed by atoms with Crippen molar-refractivity contribution in [2.24, 2.45) is 0 Å². The first-order valence-electron chi connectivity index (χ1n) is 6.54. The molecule has 1 heterocycles. The molecule has 1 aromatic carbocycles. The summed E-state index contributed by atoms with van der Waals surface area (Å²) in [4.78, 5) is 4.22. The Morgan fingerprint density at radius 2 is 2.05 bits per heavy atom. The maximum Gasteiger partial charge on any atom is 0.490 e. The van der Waals surface area contributed by atoms with Crippen LogP contribution >= 0.6 is 0 Å². The van der Waals surface area contributed by atoms with Crippen LogP contribution in [0, 0.1) is 0 Å². The van der Waals surface area contributed by atoms with Gasteiger partial charge in [0.05, 0.1) is 5.52 Å². The van der Waals surface area contributed by atoms with E-state index in [1.807, 2.05) is 6.07 Å². The van der Waals surface area contributed by atoms with Crippen LogP contribution in [0.5, 0.6) is 0 Å². The molecule has 0 aliphatic carbocycles. The molecule has 5 heteroatoms. The lowest BCUT2D eigenvalue weighted by atomic mass is 9.81. The van der Waals surface area contributed by atoms with Gasteiger partial charge in [0.1, 0.15) is 0 Å². The summed E-state index contributed by atoms with van der Waals surface area (Å²) in [5.74, 6) is 0. The fraction of sp³-hybridized carbons (Fsp3) is 0.357. The predicted octanol–water partition coefficient (Wildman–Crippen LogP) is 0.455. The zero-order valence-electron chi connectivity index (χ0n) is 11.3. The van der Waals surface area contributed by atoms with Crippen LogP contribution in [0.4, 0.5) is 0 Å². The number of aromatic nitrogens is 1. The summed E-state index contributed by atoms with van der Waals surface area (Å²) in [5.41, 5.74) is 2.50. The first-order valence-corrected chi connectivity index (χ1v) is 6.54. The minimum atomic E-state index is -1.47. The van der Waals surface area contributed by atoms with Crippen molar-refractivity contribution in [2.45, 2.75) is 26.3 Å². The molecular weight excluding hydrogens is 239 g/mol. The standard InChI is InChI=1S/C14H19BN2O2/c1-10(2)16-6-5-11-3-4-14-12(7-11)8-13(9-17-14)15(18)19/h3-4,7-10,16,18-19H,5-6H2,1-2H3. The van der Waals surface area contributed by atoms with Crippen LogP contribution in [0.1, 0.15) is 19.4 Å². The quantitative estimate of drug-likeness (QED) is 0.681. The second-order valence-corrected chi connectivity index (χ2v) is 5.03. The number of pyridine rings is 1. The van der Waals surface area contributed by atoms with Crippen molar-refractivity contribution >= 4 is 23.5 Å². The Morgan fingerprint density at radius 3 is 2.74 bits per heavy atom. The van der Waals surface area contributed by atoms with Crippen molar-refractivity contribution in [2.75, 3.05) is 6.54 Å². The molecule has 0 radical (unpaired) electrons. The molecule has 2 aromatic rings. The summed E-state index contributed by atoms with van der Waals surface area (Å²) in [6, 6.07) is 8.33. The van der Waals surface area contributed by atoms with Gasteiger partial charge in [0.15, 0.2) is 0 Å². The fourth-order valence-corrected chi connectivity index (χ4v) is 2.00. The summed E-state index contributed by atoms with van der Waals surface area (Å²) in [5, 5.41) is 22.6. The summed E-state index contributed by atoms with van der Waals surface area (Å²) < 4.78 is 0. The molecule has 100 valence electrons. The van der Waals surface area contributed by atoms with E-state index in [0.717, 1.165) is 23.9 Å². The van der Waals surface area contributed by atoms with Crippen molar-refractivity contribution in [1.29, 1.82) is 0 Å².